The van der Waals surface area contributed by atoms with Gasteiger partial charge in [-0.2, -0.15) is 4.31 Å². The van der Waals surface area contributed by atoms with Crippen LogP contribution in [0.5, 0.6) is 5.75 Å². The molecule has 0 unspecified atom stereocenters. The molecule has 1 aromatic heterocycles. The van der Waals surface area contributed by atoms with Crippen molar-refractivity contribution in [2.24, 2.45) is 5.92 Å². The van der Waals surface area contributed by atoms with Crippen molar-refractivity contribution in [1.29, 1.82) is 0 Å². The van der Waals surface area contributed by atoms with Crippen LogP contribution in [0.1, 0.15) is 18.4 Å². The molecule has 1 saturated heterocycles. The number of carbonyl (C=O) groups excluding carboxylic acids is 2. The lowest BCUT2D eigenvalue weighted by atomic mass is 9.98. The summed E-state index contributed by atoms with van der Waals surface area (Å²) in [4.78, 5) is 28.2. The number of hydrogen-bond donors (Lipinski definition) is 2. The number of sulfonamides is 1. The van der Waals surface area contributed by atoms with Gasteiger partial charge in [0.05, 0.1) is 0 Å². The number of hydrogen-bond acceptors (Lipinski definition) is 6. The lowest BCUT2D eigenvalue weighted by Crippen LogP contribution is -2.49. The molecule has 160 valence electrons. The third kappa shape index (κ3) is 5.55. The molecule has 0 saturated carbocycles. The molecular formula is C20H24N4O5S. The summed E-state index contributed by atoms with van der Waals surface area (Å²) in [5, 5.41) is 0. The Morgan fingerprint density at radius 2 is 1.93 bits per heavy atom. The highest BCUT2D eigenvalue weighted by atomic mass is 32.2. The molecular weight excluding hydrogens is 408 g/mol. The SMILES string of the molecule is Cc1cccc(OCC(=O)NNC(=O)C2CCN(S(=O)(=O)c3cccnc3)CC2)c1. The first-order valence-corrected chi connectivity index (χ1v) is 11.0. The molecule has 1 aliphatic heterocycles. The van der Waals surface area contributed by atoms with E-state index in [2.05, 4.69) is 15.8 Å². The zero-order valence-electron chi connectivity index (χ0n) is 16.6. The predicted octanol–water partition coefficient (Wildman–Crippen LogP) is 1.02. The second-order valence-corrected chi connectivity index (χ2v) is 8.95. The van der Waals surface area contributed by atoms with Gasteiger partial charge in [0.1, 0.15) is 10.6 Å². The molecule has 2 aromatic rings. The lowest BCUT2D eigenvalue weighted by molar-refractivity contribution is -0.132. The van der Waals surface area contributed by atoms with Gasteiger partial charge in [0.25, 0.3) is 5.91 Å². The molecule has 0 atom stereocenters. The molecule has 0 spiro atoms. The van der Waals surface area contributed by atoms with E-state index in [0.717, 1.165) is 5.56 Å². The number of carbonyl (C=O) groups is 2. The summed E-state index contributed by atoms with van der Waals surface area (Å²) in [7, 11) is -3.62. The van der Waals surface area contributed by atoms with Gasteiger partial charge in [-0.15, -0.1) is 0 Å². The van der Waals surface area contributed by atoms with E-state index >= 15 is 0 Å². The minimum absolute atomic E-state index is 0.133. The summed E-state index contributed by atoms with van der Waals surface area (Å²) < 4.78 is 31.9. The number of nitrogens with zero attached hydrogens (tertiary/aromatic N) is 2. The standard InChI is InChI=1S/C20H24N4O5S/c1-15-4-2-5-17(12-15)29-14-19(25)22-23-20(26)16-7-10-24(11-8-16)30(27,28)18-6-3-9-21-13-18/h2-6,9,12-13,16H,7-8,10-11,14H2,1H3,(H,22,25)(H,23,26). The van der Waals surface area contributed by atoms with Crippen LogP contribution < -0.4 is 15.6 Å². The smallest absolute Gasteiger partial charge is 0.276 e. The van der Waals surface area contributed by atoms with Gasteiger partial charge in [-0.05, 0) is 49.6 Å². The number of hydrazine groups is 1. The molecule has 0 radical (unpaired) electrons. The fraction of sp³-hybridized carbons (Fsp3) is 0.350. The molecule has 2 N–H and O–H groups in total. The van der Waals surface area contributed by atoms with E-state index in [9.17, 15) is 18.0 Å². The maximum absolute atomic E-state index is 12.6. The summed E-state index contributed by atoms with van der Waals surface area (Å²) in [6.07, 6.45) is 3.54. The van der Waals surface area contributed by atoms with Crippen molar-refractivity contribution in [3.05, 3.63) is 54.4 Å². The fourth-order valence-corrected chi connectivity index (χ4v) is 4.56. The Bertz CT molecular complexity index is 989. The van der Waals surface area contributed by atoms with Gasteiger partial charge < -0.3 is 4.74 Å². The molecule has 30 heavy (non-hydrogen) atoms. The number of piperidine rings is 1. The first kappa shape index (κ1) is 21.7. The molecule has 0 bridgehead atoms. The van der Waals surface area contributed by atoms with Gasteiger partial charge in [-0.3, -0.25) is 25.4 Å². The zero-order valence-corrected chi connectivity index (χ0v) is 17.4. The average molecular weight is 433 g/mol. The van der Waals surface area contributed by atoms with Crippen molar-refractivity contribution in [1.82, 2.24) is 20.1 Å². The van der Waals surface area contributed by atoms with Crippen LogP contribution in [0, 0.1) is 12.8 Å². The maximum atomic E-state index is 12.6. The largest absolute Gasteiger partial charge is 0.484 e. The highest BCUT2D eigenvalue weighted by molar-refractivity contribution is 7.89. The average Bonchev–Trinajstić information content (AvgIpc) is 2.77. The first-order chi connectivity index (χ1) is 14.4. The summed E-state index contributed by atoms with van der Waals surface area (Å²) in [5.74, 6) is -0.652. The van der Waals surface area contributed by atoms with E-state index in [1.54, 1.807) is 18.2 Å². The maximum Gasteiger partial charge on any atom is 0.276 e. The summed E-state index contributed by atoms with van der Waals surface area (Å²) in [6, 6.07) is 10.4. The summed E-state index contributed by atoms with van der Waals surface area (Å²) in [5.41, 5.74) is 5.73. The van der Waals surface area contributed by atoms with Crippen LogP contribution >= 0.6 is 0 Å². The van der Waals surface area contributed by atoms with Crippen molar-refractivity contribution in [3.8, 4) is 5.75 Å². The van der Waals surface area contributed by atoms with Crippen molar-refractivity contribution in [3.63, 3.8) is 0 Å². The normalized spacial score (nSPS) is 15.4. The Morgan fingerprint density at radius 3 is 2.60 bits per heavy atom. The van der Waals surface area contributed by atoms with Crippen molar-refractivity contribution in [2.75, 3.05) is 19.7 Å². The molecule has 1 fully saturated rings. The van der Waals surface area contributed by atoms with E-state index in [1.807, 2.05) is 19.1 Å². The minimum Gasteiger partial charge on any atom is -0.484 e. The van der Waals surface area contributed by atoms with Crippen LogP contribution in [0.2, 0.25) is 0 Å². The van der Waals surface area contributed by atoms with Crippen molar-refractivity contribution >= 4 is 21.8 Å². The second kappa shape index (κ2) is 9.68. The number of amides is 2. The third-order valence-corrected chi connectivity index (χ3v) is 6.66. The predicted molar refractivity (Wildman–Crippen MR) is 109 cm³/mol. The molecule has 2 amide bonds. The highest BCUT2D eigenvalue weighted by Gasteiger charge is 2.32. The van der Waals surface area contributed by atoms with E-state index < -0.39 is 15.9 Å². The Balaban J connectivity index is 1.42. The van der Waals surface area contributed by atoms with Crippen LogP contribution in [0.25, 0.3) is 0 Å². The van der Waals surface area contributed by atoms with E-state index in [1.165, 1.54) is 22.8 Å². The number of nitrogens with one attached hydrogen (secondary N) is 2. The summed E-state index contributed by atoms with van der Waals surface area (Å²) >= 11 is 0. The fourth-order valence-electron chi connectivity index (χ4n) is 3.13. The molecule has 9 nitrogen and oxygen atoms in total. The Kier molecular flexibility index (Phi) is 7.01. The number of benzene rings is 1. The van der Waals surface area contributed by atoms with Crippen molar-refractivity contribution in [2.45, 2.75) is 24.7 Å². The molecule has 10 heteroatoms. The van der Waals surface area contributed by atoms with Gasteiger partial charge >= 0.3 is 0 Å². The van der Waals surface area contributed by atoms with E-state index in [-0.39, 0.29) is 36.4 Å². The van der Waals surface area contributed by atoms with Gasteiger partial charge in [0, 0.05) is 31.4 Å². The molecule has 3 rings (SSSR count). The first-order valence-electron chi connectivity index (χ1n) is 9.54. The number of rotatable bonds is 6. The van der Waals surface area contributed by atoms with Crippen LogP contribution in [-0.2, 0) is 19.6 Å². The Labute approximate surface area is 175 Å². The topological polar surface area (TPSA) is 118 Å². The number of pyridine rings is 1. The quantitative estimate of drug-likeness (QED) is 0.658. The highest BCUT2D eigenvalue weighted by Crippen LogP contribution is 2.23. The number of ether oxygens (including phenoxy) is 1. The van der Waals surface area contributed by atoms with Gasteiger partial charge in [0.15, 0.2) is 6.61 Å². The van der Waals surface area contributed by atoms with Gasteiger partial charge in [-0.1, -0.05) is 12.1 Å². The molecule has 1 aromatic carbocycles. The third-order valence-electron chi connectivity index (χ3n) is 4.78. The number of aromatic nitrogens is 1. The van der Waals surface area contributed by atoms with Crippen molar-refractivity contribution < 1.29 is 22.7 Å². The number of aryl methyl sites for hydroxylation is 1. The minimum atomic E-state index is -3.62. The van der Waals surface area contributed by atoms with Crippen LogP contribution in [0.15, 0.2) is 53.7 Å². The van der Waals surface area contributed by atoms with Crippen LogP contribution in [0.3, 0.4) is 0 Å². The molecule has 1 aliphatic rings. The van der Waals surface area contributed by atoms with E-state index in [0.29, 0.717) is 18.6 Å². The Hall–Kier alpha value is -2.98. The second-order valence-electron chi connectivity index (χ2n) is 7.01. The van der Waals surface area contributed by atoms with Crippen LogP contribution in [0.4, 0.5) is 0 Å². The molecule has 0 aliphatic carbocycles. The monoisotopic (exact) mass is 432 g/mol. The molecule has 2 heterocycles. The van der Waals surface area contributed by atoms with Gasteiger partial charge in [0.2, 0.25) is 15.9 Å². The Morgan fingerprint density at radius 1 is 1.17 bits per heavy atom. The van der Waals surface area contributed by atoms with E-state index in [4.69, 9.17) is 4.74 Å². The summed E-state index contributed by atoms with van der Waals surface area (Å²) in [6.45, 7) is 2.13. The zero-order chi connectivity index (χ0) is 21.6. The van der Waals surface area contributed by atoms with Crippen LogP contribution in [-0.4, -0.2) is 49.2 Å². The lowest BCUT2D eigenvalue weighted by Gasteiger charge is -2.30. The van der Waals surface area contributed by atoms with Gasteiger partial charge in [-0.25, -0.2) is 8.42 Å².